The molecule has 24 heavy (non-hydrogen) atoms. The molecular formula is C18H21BrIN3O. The Labute approximate surface area is 164 Å². The van der Waals surface area contributed by atoms with Crippen molar-refractivity contribution >= 4 is 38.5 Å². The summed E-state index contributed by atoms with van der Waals surface area (Å²) in [5, 5.41) is 0. The maximum Gasteiger partial charge on any atom is 0.143 e. The van der Waals surface area contributed by atoms with Gasteiger partial charge in [0.05, 0.1) is 6.10 Å². The highest BCUT2D eigenvalue weighted by Crippen LogP contribution is 2.37. The van der Waals surface area contributed by atoms with Gasteiger partial charge in [-0.25, -0.2) is 4.98 Å². The lowest BCUT2D eigenvalue weighted by atomic mass is 10.00. The second kappa shape index (κ2) is 7.05. The Balaban J connectivity index is 1.71. The number of nitrogens with zero attached hydrogens (tertiary/aromatic N) is 3. The number of ether oxygens (including phenoxy) is 1. The summed E-state index contributed by atoms with van der Waals surface area (Å²) in [6, 6.07) is 6.44. The third-order valence-corrected chi connectivity index (χ3v) is 6.31. The fraction of sp³-hybridized carbons (Fsp3) is 0.500. The first-order valence-corrected chi connectivity index (χ1v) is 10.3. The molecule has 0 amide bonds. The second-order valence-electron chi connectivity index (χ2n) is 6.69. The highest BCUT2D eigenvalue weighted by atomic mass is 127. The molecule has 0 aliphatic carbocycles. The number of halogens is 2. The molecule has 0 spiro atoms. The number of benzene rings is 1. The minimum absolute atomic E-state index is 0.0723. The van der Waals surface area contributed by atoms with Crippen LogP contribution in [0.15, 0.2) is 28.9 Å². The van der Waals surface area contributed by atoms with E-state index in [1.807, 2.05) is 0 Å². The molecule has 1 aromatic carbocycles. The second-order valence-corrected chi connectivity index (χ2v) is 8.65. The summed E-state index contributed by atoms with van der Waals surface area (Å²) < 4.78 is 11.1. The largest absolute Gasteiger partial charge is 0.362 e. The summed E-state index contributed by atoms with van der Waals surface area (Å²) in [5.41, 5.74) is 2.62. The minimum Gasteiger partial charge on any atom is -0.362 e. The van der Waals surface area contributed by atoms with Crippen LogP contribution in [-0.4, -0.2) is 40.7 Å². The predicted molar refractivity (Wildman–Crippen MR) is 106 cm³/mol. The van der Waals surface area contributed by atoms with Gasteiger partial charge in [0.2, 0.25) is 0 Å². The number of rotatable bonds is 2. The lowest BCUT2D eigenvalue weighted by Crippen LogP contribution is -2.35. The molecule has 4 nitrogen and oxygen atoms in total. The minimum atomic E-state index is -0.0723. The summed E-state index contributed by atoms with van der Waals surface area (Å²) in [4.78, 5) is 7.18. The van der Waals surface area contributed by atoms with Crippen LogP contribution in [0.1, 0.15) is 35.9 Å². The highest BCUT2D eigenvalue weighted by molar-refractivity contribution is 14.1. The molecule has 0 saturated carbocycles. The Kier molecular flexibility index (Phi) is 5.00. The first-order valence-electron chi connectivity index (χ1n) is 8.45. The van der Waals surface area contributed by atoms with Crippen LogP contribution in [0.3, 0.4) is 0 Å². The van der Waals surface area contributed by atoms with Crippen LogP contribution in [0, 0.1) is 3.70 Å². The van der Waals surface area contributed by atoms with Gasteiger partial charge < -0.3 is 14.2 Å². The standard InChI is InChI=1S/C18H21BrIN3O/c1-22-8-5-12(6-9-22)24-17-14-3-2-4-15(19)13(14)7-10-23-11-16(20)21-18(17)23/h2-4,11-12,17H,5-10H2,1H3. The van der Waals surface area contributed by atoms with Crippen molar-refractivity contribution in [3.05, 3.63) is 49.5 Å². The van der Waals surface area contributed by atoms with Gasteiger partial charge in [0.1, 0.15) is 15.6 Å². The Morgan fingerprint density at radius 1 is 1.25 bits per heavy atom. The summed E-state index contributed by atoms with van der Waals surface area (Å²) >= 11 is 6.03. The number of hydrogen-bond acceptors (Lipinski definition) is 3. The number of fused-ring (bicyclic) bond motifs is 2. The number of hydrogen-bond donors (Lipinski definition) is 0. The molecule has 1 saturated heterocycles. The maximum absolute atomic E-state index is 6.65. The zero-order valence-electron chi connectivity index (χ0n) is 13.7. The van der Waals surface area contributed by atoms with Crippen LogP contribution in [0.4, 0.5) is 0 Å². The van der Waals surface area contributed by atoms with Crippen molar-refractivity contribution < 1.29 is 4.74 Å². The van der Waals surface area contributed by atoms with Gasteiger partial charge in [0, 0.05) is 30.3 Å². The van der Waals surface area contributed by atoms with Crippen molar-refractivity contribution in [2.75, 3.05) is 20.1 Å². The molecule has 3 heterocycles. The van der Waals surface area contributed by atoms with Gasteiger partial charge in [-0.1, -0.05) is 28.1 Å². The molecule has 0 bridgehead atoms. The van der Waals surface area contributed by atoms with Gasteiger partial charge in [0.15, 0.2) is 0 Å². The van der Waals surface area contributed by atoms with E-state index < -0.39 is 0 Å². The van der Waals surface area contributed by atoms with Crippen molar-refractivity contribution in [1.82, 2.24) is 14.5 Å². The summed E-state index contributed by atoms with van der Waals surface area (Å²) in [6.07, 6.45) is 5.56. The number of imidazole rings is 1. The van der Waals surface area contributed by atoms with Gasteiger partial charge in [-0.15, -0.1) is 0 Å². The van der Waals surface area contributed by atoms with Gasteiger partial charge in [-0.2, -0.15) is 0 Å². The SMILES string of the molecule is CN1CCC(OC2c3cccc(Br)c3CCn3cc(I)nc32)CC1. The molecular weight excluding hydrogens is 481 g/mol. The topological polar surface area (TPSA) is 30.3 Å². The van der Waals surface area contributed by atoms with E-state index >= 15 is 0 Å². The Morgan fingerprint density at radius 3 is 2.83 bits per heavy atom. The quantitative estimate of drug-likeness (QED) is 0.582. The molecule has 1 atom stereocenters. The van der Waals surface area contributed by atoms with Crippen LogP contribution >= 0.6 is 38.5 Å². The monoisotopic (exact) mass is 501 g/mol. The summed E-state index contributed by atoms with van der Waals surface area (Å²) in [7, 11) is 2.18. The Hall–Kier alpha value is -0.440. The van der Waals surface area contributed by atoms with Crippen LogP contribution in [0.25, 0.3) is 0 Å². The van der Waals surface area contributed by atoms with Crippen LogP contribution in [0.2, 0.25) is 0 Å². The van der Waals surface area contributed by atoms with Gasteiger partial charge in [-0.05, 0) is 66.1 Å². The first kappa shape index (κ1) is 17.0. The van der Waals surface area contributed by atoms with Crippen LogP contribution in [0.5, 0.6) is 0 Å². The van der Waals surface area contributed by atoms with E-state index in [9.17, 15) is 0 Å². The summed E-state index contributed by atoms with van der Waals surface area (Å²) in [5.74, 6) is 1.05. The average molecular weight is 502 g/mol. The predicted octanol–water partition coefficient (Wildman–Crippen LogP) is 4.01. The highest BCUT2D eigenvalue weighted by Gasteiger charge is 2.31. The van der Waals surface area contributed by atoms with Crippen LogP contribution < -0.4 is 0 Å². The van der Waals surface area contributed by atoms with E-state index in [-0.39, 0.29) is 6.10 Å². The van der Waals surface area contributed by atoms with Crippen molar-refractivity contribution in [3.63, 3.8) is 0 Å². The molecule has 2 aromatic rings. The van der Waals surface area contributed by atoms with Crippen LogP contribution in [-0.2, 0) is 17.7 Å². The van der Waals surface area contributed by atoms with E-state index in [1.54, 1.807) is 0 Å². The third kappa shape index (κ3) is 3.30. The van der Waals surface area contributed by atoms with Gasteiger partial charge >= 0.3 is 0 Å². The van der Waals surface area contributed by atoms with Crippen molar-refractivity contribution in [2.24, 2.45) is 0 Å². The molecule has 0 radical (unpaired) electrons. The zero-order chi connectivity index (χ0) is 16.7. The average Bonchev–Trinajstić information content (AvgIpc) is 2.87. The normalized spacial score (nSPS) is 22.0. The smallest absolute Gasteiger partial charge is 0.143 e. The van der Waals surface area contributed by atoms with E-state index in [0.717, 1.165) is 48.4 Å². The fourth-order valence-corrected chi connectivity index (χ4v) is 4.85. The number of aromatic nitrogens is 2. The van der Waals surface area contributed by atoms with Crippen molar-refractivity contribution in [2.45, 2.75) is 38.0 Å². The number of piperidine rings is 1. The van der Waals surface area contributed by atoms with Gasteiger partial charge in [-0.3, -0.25) is 0 Å². The fourth-order valence-electron chi connectivity index (χ4n) is 3.69. The van der Waals surface area contributed by atoms with E-state index in [2.05, 4.69) is 79.4 Å². The van der Waals surface area contributed by atoms with E-state index in [4.69, 9.17) is 9.72 Å². The Morgan fingerprint density at radius 2 is 2.04 bits per heavy atom. The molecule has 0 N–H and O–H groups in total. The maximum atomic E-state index is 6.65. The molecule has 6 heteroatoms. The Bertz CT molecular complexity index is 740. The van der Waals surface area contributed by atoms with Crippen molar-refractivity contribution in [1.29, 1.82) is 0 Å². The zero-order valence-corrected chi connectivity index (χ0v) is 17.5. The van der Waals surface area contributed by atoms with Gasteiger partial charge in [0.25, 0.3) is 0 Å². The lowest BCUT2D eigenvalue weighted by Gasteiger charge is -2.32. The molecule has 1 aromatic heterocycles. The lowest BCUT2D eigenvalue weighted by molar-refractivity contribution is -0.0276. The van der Waals surface area contributed by atoms with E-state index in [1.165, 1.54) is 15.6 Å². The molecule has 1 unspecified atom stereocenters. The molecule has 128 valence electrons. The third-order valence-electron chi connectivity index (χ3n) is 5.05. The number of aryl methyl sites for hydroxylation is 1. The first-order chi connectivity index (χ1) is 11.6. The molecule has 2 aliphatic rings. The molecule has 2 aliphatic heterocycles. The molecule has 1 fully saturated rings. The van der Waals surface area contributed by atoms with Crippen molar-refractivity contribution in [3.8, 4) is 0 Å². The molecule has 4 rings (SSSR count). The van der Waals surface area contributed by atoms with E-state index in [0.29, 0.717) is 6.10 Å². The number of likely N-dealkylation sites (tertiary alicyclic amines) is 1. The summed E-state index contributed by atoms with van der Waals surface area (Å²) in [6.45, 7) is 3.16.